The van der Waals surface area contributed by atoms with Crippen LogP contribution in [0.4, 0.5) is 0 Å². The number of nitrogens with one attached hydrogen (secondary N) is 1. The predicted octanol–water partition coefficient (Wildman–Crippen LogP) is 0.123. The zero-order valence-corrected chi connectivity index (χ0v) is 10.8. The number of hydrogen-bond donors (Lipinski definition) is 1. The summed E-state index contributed by atoms with van der Waals surface area (Å²) < 4.78 is 11.6. The average molecular weight is 265 g/mol. The molecule has 0 fully saturated rings. The van der Waals surface area contributed by atoms with E-state index in [0.29, 0.717) is 18.3 Å². The van der Waals surface area contributed by atoms with Gasteiger partial charge in [0, 0.05) is 19.9 Å². The zero-order valence-electron chi connectivity index (χ0n) is 10.8. The molecule has 0 unspecified atom stereocenters. The highest BCUT2D eigenvalue weighted by Gasteiger charge is 2.11. The molecule has 8 nitrogen and oxygen atoms in total. The van der Waals surface area contributed by atoms with E-state index in [1.54, 1.807) is 24.1 Å². The number of ether oxygens (including phenoxy) is 1. The topological polar surface area (TPSA) is 95.1 Å². The van der Waals surface area contributed by atoms with Crippen LogP contribution < -0.4 is 5.32 Å². The number of carbonyl (C=O) groups excluding carboxylic acids is 1. The summed E-state index contributed by atoms with van der Waals surface area (Å²) >= 11 is 0. The van der Waals surface area contributed by atoms with E-state index in [0.717, 1.165) is 5.56 Å². The van der Waals surface area contributed by atoms with Gasteiger partial charge in [0.25, 0.3) is 0 Å². The molecule has 0 radical (unpaired) electrons. The summed E-state index contributed by atoms with van der Waals surface area (Å²) in [5.41, 5.74) is 0.762. The monoisotopic (exact) mass is 265 g/mol. The van der Waals surface area contributed by atoms with Crippen LogP contribution in [-0.2, 0) is 23.1 Å². The highest BCUT2D eigenvalue weighted by molar-refractivity contribution is 5.77. The van der Waals surface area contributed by atoms with E-state index in [1.807, 2.05) is 6.92 Å². The largest absolute Gasteiger partial charge is 0.372 e. The van der Waals surface area contributed by atoms with Gasteiger partial charge in [0.05, 0.1) is 18.3 Å². The number of aromatic nitrogens is 4. The van der Waals surface area contributed by atoms with Crippen LogP contribution in [-0.4, -0.2) is 39.0 Å². The van der Waals surface area contributed by atoms with Crippen molar-refractivity contribution in [2.75, 3.05) is 13.2 Å². The predicted molar refractivity (Wildman–Crippen MR) is 64.8 cm³/mol. The first-order valence-corrected chi connectivity index (χ1v) is 5.85. The minimum absolute atomic E-state index is 0.0279. The van der Waals surface area contributed by atoms with Gasteiger partial charge in [-0.25, -0.2) is 0 Å². The fourth-order valence-electron chi connectivity index (χ4n) is 1.40. The normalized spacial score (nSPS) is 10.6. The Kier molecular flexibility index (Phi) is 4.24. The SMILES string of the molecule is CCOCC(=O)NCc1nc(-c2cnn(C)c2)no1. The molecule has 0 aliphatic heterocycles. The van der Waals surface area contributed by atoms with Crippen molar-refractivity contribution in [3.05, 3.63) is 18.3 Å². The number of hydrogen-bond acceptors (Lipinski definition) is 6. The standard InChI is InChI=1S/C11H15N5O3/c1-3-18-7-9(17)12-5-10-14-11(15-19-10)8-4-13-16(2)6-8/h4,6H,3,5,7H2,1-2H3,(H,12,17). The van der Waals surface area contributed by atoms with Crippen molar-refractivity contribution in [2.45, 2.75) is 13.5 Å². The molecule has 0 aliphatic rings. The van der Waals surface area contributed by atoms with E-state index in [1.165, 1.54) is 0 Å². The highest BCUT2D eigenvalue weighted by Crippen LogP contribution is 2.13. The Morgan fingerprint density at radius 2 is 2.42 bits per heavy atom. The maximum Gasteiger partial charge on any atom is 0.246 e. The van der Waals surface area contributed by atoms with Gasteiger partial charge in [0.15, 0.2) is 0 Å². The molecule has 2 rings (SSSR count). The molecule has 2 aromatic heterocycles. The van der Waals surface area contributed by atoms with Crippen molar-refractivity contribution in [1.29, 1.82) is 0 Å². The van der Waals surface area contributed by atoms with Crippen LogP contribution in [0.5, 0.6) is 0 Å². The lowest BCUT2D eigenvalue weighted by Gasteiger charge is -2.01. The van der Waals surface area contributed by atoms with Crippen LogP contribution in [0.3, 0.4) is 0 Å². The first-order chi connectivity index (χ1) is 9.19. The van der Waals surface area contributed by atoms with Gasteiger partial charge in [0.1, 0.15) is 6.61 Å². The van der Waals surface area contributed by atoms with E-state index in [9.17, 15) is 4.79 Å². The fraction of sp³-hybridized carbons (Fsp3) is 0.455. The molecule has 0 atom stereocenters. The molecule has 1 amide bonds. The Morgan fingerprint density at radius 1 is 1.58 bits per heavy atom. The molecule has 0 saturated carbocycles. The van der Waals surface area contributed by atoms with Gasteiger partial charge in [-0.1, -0.05) is 5.16 Å². The highest BCUT2D eigenvalue weighted by atomic mass is 16.5. The first-order valence-electron chi connectivity index (χ1n) is 5.85. The molecule has 2 aromatic rings. The Balaban J connectivity index is 1.89. The number of amides is 1. The van der Waals surface area contributed by atoms with E-state index in [2.05, 4.69) is 20.6 Å². The van der Waals surface area contributed by atoms with Gasteiger partial charge in [-0.15, -0.1) is 0 Å². The molecule has 1 N–H and O–H groups in total. The van der Waals surface area contributed by atoms with Crippen LogP contribution in [0.15, 0.2) is 16.9 Å². The molecule has 0 saturated heterocycles. The van der Waals surface area contributed by atoms with Crippen LogP contribution in [0, 0.1) is 0 Å². The van der Waals surface area contributed by atoms with Crippen LogP contribution in [0.25, 0.3) is 11.4 Å². The third-order valence-corrected chi connectivity index (χ3v) is 2.31. The van der Waals surface area contributed by atoms with Gasteiger partial charge in [-0.05, 0) is 6.92 Å². The Labute approximate surface area is 109 Å². The minimum atomic E-state index is -0.219. The lowest BCUT2D eigenvalue weighted by molar-refractivity contribution is -0.125. The Morgan fingerprint density at radius 3 is 3.11 bits per heavy atom. The second-order valence-corrected chi connectivity index (χ2v) is 3.83. The summed E-state index contributed by atoms with van der Waals surface area (Å²) in [6, 6.07) is 0. The molecule has 0 spiro atoms. The Bertz CT molecular complexity index is 548. The van der Waals surface area contributed by atoms with E-state index in [-0.39, 0.29) is 19.1 Å². The number of rotatable bonds is 6. The minimum Gasteiger partial charge on any atom is -0.372 e. The maximum absolute atomic E-state index is 11.3. The molecule has 8 heteroatoms. The fourth-order valence-corrected chi connectivity index (χ4v) is 1.40. The molecular weight excluding hydrogens is 250 g/mol. The molecule has 0 aromatic carbocycles. The lowest BCUT2D eigenvalue weighted by atomic mass is 10.3. The second kappa shape index (κ2) is 6.10. The number of nitrogens with zero attached hydrogens (tertiary/aromatic N) is 4. The third-order valence-electron chi connectivity index (χ3n) is 2.31. The maximum atomic E-state index is 11.3. The summed E-state index contributed by atoms with van der Waals surface area (Å²) in [7, 11) is 1.80. The van der Waals surface area contributed by atoms with Gasteiger partial charge in [-0.3, -0.25) is 9.48 Å². The smallest absolute Gasteiger partial charge is 0.246 e. The van der Waals surface area contributed by atoms with Crippen molar-refractivity contribution < 1.29 is 14.1 Å². The third kappa shape index (κ3) is 3.62. The molecule has 0 aliphatic carbocycles. The van der Waals surface area contributed by atoms with Gasteiger partial charge < -0.3 is 14.6 Å². The van der Waals surface area contributed by atoms with Gasteiger partial charge in [0.2, 0.25) is 17.6 Å². The number of carbonyl (C=O) groups is 1. The summed E-state index contributed by atoms with van der Waals surface area (Å²) in [4.78, 5) is 15.5. The van der Waals surface area contributed by atoms with Crippen LogP contribution in [0.2, 0.25) is 0 Å². The summed E-state index contributed by atoms with van der Waals surface area (Å²) in [6.07, 6.45) is 3.42. The molecule has 2 heterocycles. The quantitative estimate of drug-likeness (QED) is 0.797. The van der Waals surface area contributed by atoms with Crippen LogP contribution >= 0.6 is 0 Å². The summed E-state index contributed by atoms with van der Waals surface area (Å²) in [6.45, 7) is 2.53. The molecular formula is C11H15N5O3. The van der Waals surface area contributed by atoms with Crippen molar-refractivity contribution in [1.82, 2.24) is 25.2 Å². The zero-order chi connectivity index (χ0) is 13.7. The van der Waals surface area contributed by atoms with Gasteiger partial charge in [-0.2, -0.15) is 10.1 Å². The van der Waals surface area contributed by atoms with E-state index in [4.69, 9.17) is 9.26 Å². The molecule has 19 heavy (non-hydrogen) atoms. The van der Waals surface area contributed by atoms with Crippen molar-refractivity contribution in [3.8, 4) is 11.4 Å². The molecule has 0 bridgehead atoms. The van der Waals surface area contributed by atoms with Crippen LogP contribution in [0.1, 0.15) is 12.8 Å². The summed E-state index contributed by atoms with van der Waals surface area (Å²) in [5, 5.41) is 10.5. The summed E-state index contributed by atoms with van der Waals surface area (Å²) in [5.74, 6) is 0.564. The van der Waals surface area contributed by atoms with E-state index >= 15 is 0 Å². The van der Waals surface area contributed by atoms with Gasteiger partial charge >= 0.3 is 0 Å². The van der Waals surface area contributed by atoms with Crippen molar-refractivity contribution in [2.24, 2.45) is 7.05 Å². The van der Waals surface area contributed by atoms with E-state index < -0.39 is 0 Å². The first kappa shape index (κ1) is 13.2. The number of aryl methyl sites for hydroxylation is 1. The van der Waals surface area contributed by atoms with Crippen molar-refractivity contribution in [3.63, 3.8) is 0 Å². The Hall–Kier alpha value is -2.22. The average Bonchev–Trinajstić information content (AvgIpc) is 3.02. The molecule has 102 valence electrons. The second-order valence-electron chi connectivity index (χ2n) is 3.83. The van der Waals surface area contributed by atoms with Crippen molar-refractivity contribution >= 4 is 5.91 Å². The lowest BCUT2D eigenvalue weighted by Crippen LogP contribution is -2.27.